The summed E-state index contributed by atoms with van der Waals surface area (Å²) in [6.07, 6.45) is 1.66. The van der Waals surface area contributed by atoms with Crippen molar-refractivity contribution in [2.24, 2.45) is 0 Å². The molecule has 1 aliphatic carbocycles. The highest BCUT2D eigenvalue weighted by atomic mass is 16.5. The first-order valence-corrected chi connectivity index (χ1v) is 22.7. The van der Waals surface area contributed by atoms with Crippen LogP contribution in [0.1, 0.15) is 122 Å². The van der Waals surface area contributed by atoms with Crippen LogP contribution < -0.4 is 59.2 Å². The van der Waals surface area contributed by atoms with Gasteiger partial charge in [-0.2, -0.15) is 0 Å². The molecule has 0 saturated heterocycles. The van der Waals surface area contributed by atoms with Gasteiger partial charge in [0.2, 0.25) is 23.6 Å². The molecular formula is C52H68N4O12. The topological polar surface area (TPSA) is 190 Å². The van der Waals surface area contributed by atoms with Crippen LogP contribution in [0.3, 0.4) is 0 Å². The smallest absolute Gasteiger partial charge is 0.216 e. The van der Waals surface area contributed by atoms with Crippen LogP contribution in [0.4, 0.5) is 0 Å². The van der Waals surface area contributed by atoms with E-state index in [0.29, 0.717) is 97.9 Å². The third-order valence-electron chi connectivity index (χ3n) is 12.6. The van der Waals surface area contributed by atoms with Crippen LogP contribution in [0.5, 0.6) is 46.0 Å². The second-order valence-electron chi connectivity index (χ2n) is 16.6. The minimum absolute atomic E-state index is 0.181. The number of fused-ring (bicyclic) bond motifs is 8. The molecule has 0 atom stereocenters. The minimum Gasteiger partial charge on any atom is -0.496 e. The van der Waals surface area contributed by atoms with Gasteiger partial charge in [-0.25, -0.2) is 0 Å². The van der Waals surface area contributed by atoms with Crippen molar-refractivity contribution >= 4 is 23.6 Å². The monoisotopic (exact) mass is 940 g/mol. The molecule has 4 amide bonds. The molecule has 0 unspecified atom stereocenters. The molecular weight excluding hydrogens is 873 g/mol. The molecule has 16 heteroatoms. The molecule has 0 aliphatic heterocycles. The van der Waals surface area contributed by atoms with Gasteiger partial charge in [-0.1, -0.05) is 0 Å². The number of ether oxygens (including phenoxy) is 8. The molecule has 68 heavy (non-hydrogen) atoms. The number of carbonyl (C=O) groups is 4. The summed E-state index contributed by atoms with van der Waals surface area (Å²) in [6, 6.07) is 15.8. The van der Waals surface area contributed by atoms with Gasteiger partial charge in [0.25, 0.3) is 0 Å². The molecule has 1 aliphatic rings. The largest absolute Gasteiger partial charge is 0.496 e. The van der Waals surface area contributed by atoms with Gasteiger partial charge < -0.3 is 59.2 Å². The van der Waals surface area contributed by atoms with Crippen LogP contribution in [0.2, 0.25) is 0 Å². The van der Waals surface area contributed by atoms with E-state index in [1.807, 2.05) is 24.3 Å². The first kappa shape index (κ1) is 52.1. The number of amides is 4. The van der Waals surface area contributed by atoms with Gasteiger partial charge in [0.1, 0.15) is 46.0 Å². The maximum Gasteiger partial charge on any atom is 0.216 e. The van der Waals surface area contributed by atoms with Crippen LogP contribution in [-0.4, -0.2) is 107 Å². The summed E-state index contributed by atoms with van der Waals surface area (Å²) in [4.78, 5) is 49.8. The lowest BCUT2D eigenvalue weighted by atomic mass is 9.77. The summed E-state index contributed by atoms with van der Waals surface area (Å²) in [6.45, 7) is 7.14. The molecule has 4 aromatic rings. The van der Waals surface area contributed by atoms with Crippen LogP contribution in [0.25, 0.3) is 0 Å². The van der Waals surface area contributed by atoms with Crippen molar-refractivity contribution in [1.82, 2.24) is 21.3 Å². The Kier molecular flexibility index (Phi) is 18.6. The maximum absolute atomic E-state index is 12.5. The minimum atomic E-state index is -0.472. The zero-order chi connectivity index (χ0) is 49.7. The van der Waals surface area contributed by atoms with E-state index in [4.69, 9.17) is 37.9 Å². The Bertz CT molecular complexity index is 2000. The number of rotatable bonds is 20. The Morgan fingerprint density at radius 1 is 0.309 bits per heavy atom. The Labute approximate surface area is 400 Å². The summed E-state index contributed by atoms with van der Waals surface area (Å²) in [5, 5.41) is 12.0. The summed E-state index contributed by atoms with van der Waals surface area (Å²) in [5.41, 5.74) is 6.22. The second-order valence-corrected chi connectivity index (χ2v) is 16.6. The van der Waals surface area contributed by atoms with Crippen molar-refractivity contribution in [1.29, 1.82) is 0 Å². The highest BCUT2D eigenvalue weighted by Crippen LogP contribution is 2.52. The molecule has 16 nitrogen and oxygen atoms in total. The summed E-state index contributed by atoms with van der Waals surface area (Å²) in [7, 11) is 12.8. The van der Waals surface area contributed by atoms with E-state index in [-0.39, 0.29) is 23.6 Å². The third-order valence-corrected chi connectivity index (χ3v) is 12.6. The Morgan fingerprint density at radius 2 is 0.456 bits per heavy atom. The van der Waals surface area contributed by atoms with Gasteiger partial charge >= 0.3 is 0 Å². The van der Waals surface area contributed by atoms with Crippen molar-refractivity contribution in [3.8, 4) is 46.0 Å². The zero-order valence-corrected chi connectivity index (χ0v) is 41.5. The molecule has 0 heterocycles. The number of benzene rings is 4. The number of methoxy groups -OCH3 is 8. The van der Waals surface area contributed by atoms with E-state index in [1.54, 1.807) is 56.9 Å². The highest BCUT2D eigenvalue weighted by molar-refractivity contribution is 5.74. The number of carbonyl (C=O) groups excluding carboxylic acids is 4. The number of hydrogen-bond donors (Lipinski definition) is 4. The molecule has 4 aromatic carbocycles. The molecule has 0 aromatic heterocycles. The van der Waals surface area contributed by atoms with Gasteiger partial charge in [-0.3, -0.25) is 19.2 Å². The standard InChI is InChI=1S/C52H68N4O12/c1-29(57)53-17-13-33-37-21-39(47(63-7)25-45(37)61-5)34(14-18-54-30(2)58)41-23-43(51(67-11)27-49(41)65-9)36(16-20-56-32(4)60)44-24-42(50(66-10)28-52(44)68-12)35(15-19-55-31(3)59)40-22-38(33)46(62-6)26-48(40)64-8/h21-28,33-36H,13-20H2,1-12H3,(H,53,57)(H,54,58)(H,55,59)(H,56,60). The van der Waals surface area contributed by atoms with Crippen LogP contribution in [0.15, 0.2) is 48.5 Å². The number of hydrogen-bond acceptors (Lipinski definition) is 12. The molecule has 4 N–H and O–H groups in total. The van der Waals surface area contributed by atoms with Crippen molar-refractivity contribution in [2.45, 2.75) is 77.0 Å². The van der Waals surface area contributed by atoms with Gasteiger partial charge in [-0.15, -0.1) is 0 Å². The van der Waals surface area contributed by atoms with Gasteiger partial charge in [0.05, 0.1) is 56.9 Å². The first-order chi connectivity index (χ1) is 32.7. The van der Waals surface area contributed by atoms with Crippen molar-refractivity contribution in [2.75, 3.05) is 83.1 Å². The van der Waals surface area contributed by atoms with E-state index < -0.39 is 23.7 Å². The molecule has 5 rings (SSSR count). The molecule has 0 fully saturated rings. The van der Waals surface area contributed by atoms with E-state index in [1.165, 1.54) is 27.7 Å². The normalized spacial score (nSPS) is 16.1. The van der Waals surface area contributed by atoms with Gasteiger partial charge in [-0.05, 0) is 49.9 Å². The van der Waals surface area contributed by atoms with E-state index in [9.17, 15) is 19.2 Å². The molecule has 0 spiro atoms. The van der Waals surface area contributed by atoms with E-state index >= 15 is 0 Å². The fourth-order valence-electron chi connectivity index (χ4n) is 9.46. The highest BCUT2D eigenvalue weighted by Gasteiger charge is 2.35. The fourth-order valence-corrected chi connectivity index (χ4v) is 9.46. The maximum atomic E-state index is 12.5. The molecule has 368 valence electrons. The lowest BCUT2D eigenvalue weighted by Crippen LogP contribution is -2.25. The van der Waals surface area contributed by atoms with Crippen molar-refractivity contribution in [3.63, 3.8) is 0 Å². The molecule has 0 radical (unpaired) electrons. The van der Waals surface area contributed by atoms with Crippen LogP contribution >= 0.6 is 0 Å². The lowest BCUT2D eigenvalue weighted by Gasteiger charge is -2.31. The second kappa shape index (κ2) is 24.3. The average molecular weight is 941 g/mol. The predicted octanol–water partition coefficient (Wildman–Crippen LogP) is 6.70. The van der Waals surface area contributed by atoms with Crippen LogP contribution in [-0.2, 0) is 19.2 Å². The quantitative estimate of drug-likeness (QED) is 0.0735. The SMILES string of the molecule is COc1cc(OC)c2cc1C(CCNC(C)=O)c1cc(c(OC)cc1OC)C(CCNC(C)=O)c1cc(c(OC)cc1OC)C(CCNC(C)=O)c1cc(c(OC)cc1OC)C2CCNC(C)=O. The lowest BCUT2D eigenvalue weighted by molar-refractivity contribution is -0.119. The Balaban J connectivity index is 2.08. The average Bonchev–Trinajstić information content (AvgIpc) is 3.32. The van der Waals surface area contributed by atoms with E-state index in [0.717, 1.165) is 44.5 Å². The van der Waals surface area contributed by atoms with Crippen LogP contribution in [0, 0.1) is 0 Å². The summed E-state index contributed by atoms with van der Waals surface area (Å²) < 4.78 is 49.6. The third kappa shape index (κ3) is 12.0. The van der Waals surface area contributed by atoms with Crippen molar-refractivity contribution in [3.05, 3.63) is 93.0 Å². The summed E-state index contributed by atoms with van der Waals surface area (Å²) in [5.74, 6) is 1.64. The van der Waals surface area contributed by atoms with Crippen molar-refractivity contribution < 1.29 is 57.1 Å². The van der Waals surface area contributed by atoms with E-state index in [2.05, 4.69) is 45.5 Å². The van der Waals surface area contributed by atoms with Gasteiger partial charge in [0, 0.05) is 146 Å². The zero-order valence-electron chi connectivity index (χ0n) is 41.5. The Morgan fingerprint density at radius 3 is 0.574 bits per heavy atom. The fraction of sp³-hybridized carbons (Fsp3) is 0.462. The van der Waals surface area contributed by atoms with Gasteiger partial charge in [0.15, 0.2) is 0 Å². The molecule has 8 bridgehead atoms. The Hall–Kier alpha value is -6.84. The predicted molar refractivity (Wildman–Crippen MR) is 259 cm³/mol. The first-order valence-electron chi connectivity index (χ1n) is 22.7. The molecule has 0 saturated carbocycles. The number of nitrogens with one attached hydrogen (secondary N) is 4. The summed E-state index contributed by atoms with van der Waals surface area (Å²) >= 11 is 0.